The molecule has 0 amide bonds. The largest absolute Gasteiger partial charge is 0.305 e. The van der Waals surface area contributed by atoms with Crippen LogP contribution in [0.5, 0.6) is 0 Å². The van der Waals surface area contributed by atoms with Gasteiger partial charge in [-0.05, 0) is 29.1 Å². The molecule has 0 aliphatic rings. The maximum atomic E-state index is 4.36. The molecule has 3 heterocycles. The third kappa shape index (κ3) is 6.22. The molecule has 0 unspecified atom stereocenters. The van der Waals surface area contributed by atoms with Crippen LogP contribution in [0.4, 0.5) is 0 Å². The van der Waals surface area contributed by atoms with E-state index in [1.807, 2.05) is 78.9 Å². The van der Waals surface area contributed by atoms with E-state index < -0.39 is 0 Å². The summed E-state index contributed by atoms with van der Waals surface area (Å²) in [6.07, 6.45) is 8.69. The van der Waals surface area contributed by atoms with Crippen molar-refractivity contribution in [2.45, 2.75) is 0 Å². The Morgan fingerprint density at radius 2 is 1.23 bits per heavy atom. The third-order valence-corrected chi connectivity index (χ3v) is 4.29. The molecule has 2 aromatic carbocycles. The monoisotopic (exact) mass is 579 g/mol. The summed E-state index contributed by atoms with van der Waals surface area (Å²) in [5.41, 5.74) is 5.93. The Kier molecular flexibility index (Phi) is 8.29. The van der Waals surface area contributed by atoms with Gasteiger partial charge in [0.05, 0.1) is 0 Å². The zero-order chi connectivity index (χ0) is 20.4. The maximum absolute atomic E-state index is 4.36. The van der Waals surface area contributed by atoms with E-state index in [1.54, 1.807) is 24.8 Å². The van der Waals surface area contributed by atoms with Crippen LogP contribution in [0.3, 0.4) is 0 Å². The van der Waals surface area contributed by atoms with Crippen LogP contribution < -0.4 is 0 Å². The number of hydrogen-bond acceptors (Lipinski definition) is 4. The molecule has 0 N–H and O–H groups in total. The fourth-order valence-corrected chi connectivity index (χ4v) is 2.83. The Bertz CT molecular complexity index is 1080. The number of hydrogen-bond donors (Lipinski definition) is 0. The van der Waals surface area contributed by atoms with Gasteiger partial charge in [0.25, 0.3) is 0 Å². The minimum absolute atomic E-state index is 0. The van der Waals surface area contributed by atoms with Crippen molar-refractivity contribution in [3.05, 3.63) is 122 Å². The molecule has 3 aromatic heterocycles. The van der Waals surface area contributed by atoms with Crippen molar-refractivity contribution in [3.8, 4) is 33.6 Å². The molecule has 0 bridgehead atoms. The fraction of sp³-hybridized carbons (Fsp3) is 0. The van der Waals surface area contributed by atoms with Crippen LogP contribution in [-0.2, 0) is 20.1 Å². The average Bonchev–Trinajstić information content (AvgIpc) is 2.87. The van der Waals surface area contributed by atoms with Crippen molar-refractivity contribution in [1.82, 2.24) is 19.9 Å². The van der Waals surface area contributed by atoms with Crippen LogP contribution in [-0.4, -0.2) is 19.9 Å². The van der Waals surface area contributed by atoms with Crippen LogP contribution in [0, 0.1) is 12.1 Å². The van der Waals surface area contributed by atoms with E-state index >= 15 is 0 Å². The van der Waals surface area contributed by atoms with Gasteiger partial charge in [0.1, 0.15) is 6.33 Å². The molecule has 0 atom stereocenters. The number of rotatable bonds is 3. The van der Waals surface area contributed by atoms with E-state index in [0.717, 1.165) is 33.6 Å². The molecule has 0 fully saturated rings. The van der Waals surface area contributed by atoms with Gasteiger partial charge in [-0.1, -0.05) is 18.2 Å². The van der Waals surface area contributed by atoms with Crippen molar-refractivity contribution in [2.75, 3.05) is 0 Å². The fourth-order valence-electron chi connectivity index (χ4n) is 2.83. The minimum Gasteiger partial charge on any atom is -0.305 e. The number of nitrogens with zero attached hydrogens (tertiary/aromatic N) is 4. The Morgan fingerprint density at radius 1 is 0.581 bits per heavy atom. The standard InChI is InChI=1S/C15H10N3.C11H8N.Ir/c1-2-4-12(5-3-1)15-8-13(6-7-18-15)14-9-16-11-17-10-14;1-2-6-10(7-3-1)11-8-4-5-9-12-11;/h1-4,6-11H;1-6,8-9H;/q2*-1;. The summed E-state index contributed by atoms with van der Waals surface area (Å²) < 4.78 is 0. The molecule has 31 heavy (non-hydrogen) atoms. The van der Waals surface area contributed by atoms with Gasteiger partial charge in [-0.3, -0.25) is 0 Å². The predicted molar refractivity (Wildman–Crippen MR) is 118 cm³/mol. The van der Waals surface area contributed by atoms with Gasteiger partial charge in [-0.15, -0.1) is 71.8 Å². The molecule has 4 nitrogen and oxygen atoms in total. The van der Waals surface area contributed by atoms with E-state index in [-0.39, 0.29) is 20.1 Å². The molecule has 0 aliphatic carbocycles. The average molecular weight is 579 g/mol. The van der Waals surface area contributed by atoms with Crippen LogP contribution >= 0.6 is 0 Å². The minimum atomic E-state index is 0. The molecule has 0 saturated carbocycles. The van der Waals surface area contributed by atoms with Crippen molar-refractivity contribution in [1.29, 1.82) is 0 Å². The molecule has 0 saturated heterocycles. The first-order valence-electron chi connectivity index (χ1n) is 9.47. The van der Waals surface area contributed by atoms with Gasteiger partial charge in [0.2, 0.25) is 0 Å². The molecular weight excluding hydrogens is 561 g/mol. The van der Waals surface area contributed by atoms with Gasteiger partial charge < -0.3 is 9.97 Å². The second kappa shape index (κ2) is 11.6. The summed E-state index contributed by atoms with van der Waals surface area (Å²) >= 11 is 0. The van der Waals surface area contributed by atoms with Gasteiger partial charge in [0, 0.05) is 50.5 Å². The van der Waals surface area contributed by atoms with E-state index in [1.165, 1.54) is 6.33 Å². The molecule has 1 radical (unpaired) electrons. The first kappa shape index (κ1) is 22.2. The van der Waals surface area contributed by atoms with E-state index in [2.05, 4.69) is 32.1 Å². The molecule has 0 aliphatic heterocycles. The summed E-state index contributed by atoms with van der Waals surface area (Å²) in [4.78, 5) is 16.6. The van der Waals surface area contributed by atoms with Gasteiger partial charge in [-0.25, -0.2) is 9.97 Å². The Labute approximate surface area is 195 Å². The van der Waals surface area contributed by atoms with Crippen LogP contribution in [0.2, 0.25) is 0 Å². The topological polar surface area (TPSA) is 51.6 Å². The van der Waals surface area contributed by atoms with E-state index in [0.29, 0.717) is 0 Å². The summed E-state index contributed by atoms with van der Waals surface area (Å²) in [6, 6.07) is 31.8. The van der Waals surface area contributed by atoms with Gasteiger partial charge >= 0.3 is 0 Å². The third-order valence-electron chi connectivity index (χ3n) is 4.29. The zero-order valence-corrected chi connectivity index (χ0v) is 18.9. The van der Waals surface area contributed by atoms with Gasteiger partial charge in [-0.2, -0.15) is 0 Å². The maximum Gasteiger partial charge on any atom is 0.115 e. The van der Waals surface area contributed by atoms with Crippen LogP contribution in [0.15, 0.2) is 110 Å². The number of benzene rings is 2. The Hall–Kier alpha value is -3.53. The summed E-state index contributed by atoms with van der Waals surface area (Å²) in [5, 5.41) is 0. The molecule has 5 heteroatoms. The van der Waals surface area contributed by atoms with Crippen molar-refractivity contribution < 1.29 is 20.1 Å². The summed E-state index contributed by atoms with van der Waals surface area (Å²) in [5.74, 6) is 0. The molecular formula is C26H18IrN4-2. The van der Waals surface area contributed by atoms with E-state index in [9.17, 15) is 0 Å². The molecule has 5 rings (SSSR count). The van der Waals surface area contributed by atoms with Crippen LogP contribution in [0.1, 0.15) is 0 Å². The van der Waals surface area contributed by atoms with Crippen LogP contribution in [0.25, 0.3) is 33.6 Å². The Morgan fingerprint density at radius 3 is 1.84 bits per heavy atom. The summed E-state index contributed by atoms with van der Waals surface area (Å²) in [6.45, 7) is 0. The van der Waals surface area contributed by atoms with Crippen molar-refractivity contribution >= 4 is 0 Å². The number of aromatic nitrogens is 4. The molecule has 0 spiro atoms. The second-order valence-electron chi connectivity index (χ2n) is 6.32. The summed E-state index contributed by atoms with van der Waals surface area (Å²) in [7, 11) is 0. The first-order valence-corrected chi connectivity index (χ1v) is 9.47. The Balaban J connectivity index is 0.000000183. The first-order chi connectivity index (χ1) is 14.9. The van der Waals surface area contributed by atoms with Crippen molar-refractivity contribution in [3.63, 3.8) is 0 Å². The van der Waals surface area contributed by atoms with E-state index in [4.69, 9.17) is 0 Å². The molecule has 153 valence electrons. The van der Waals surface area contributed by atoms with Gasteiger partial charge in [0.15, 0.2) is 0 Å². The predicted octanol–water partition coefficient (Wildman–Crippen LogP) is 5.55. The zero-order valence-electron chi connectivity index (χ0n) is 16.5. The normalized spacial score (nSPS) is 9.68. The SMILES string of the molecule is [Ir].[c-]1ccccc1-c1cc(-c2cncnc2)ccn1.[c-]1ccccc1-c1ccccn1. The smallest absolute Gasteiger partial charge is 0.115 e. The quantitative estimate of drug-likeness (QED) is 0.264. The van der Waals surface area contributed by atoms with Crippen molar-refractivity contribution in [2.24, 2.45) is 0 Å². The second-order valence-corrected chi connectivity index (χ2v) is 6.32. The molecule has 5 aromatic rings. The number of pyridine rings is 2.